The van der Waals surface area contributed by atoms with Crippen LogP contribution in [0, 0.1) is 11.3 Å². The third kappa shape index (κ3) is 5.68. The Morgan fingerprint density at radius 3 is 2.47 bits per heavy atom. The number of nitrogens with zero attached hydrogens (tertiary/aromatic N) is 2. The van der Waals surface area contributed by atoms with Crippen LogP contribution in [-0.2, 0) is 16.0 Å². The number of hydrogen-bond donors (Lipinski definition) is 1. The molecule has 3 aromatic carbocycles. The highest BCUT2D eigenvalue weighted by Crippen LogP contribution is 2.43. The standard InChI is InChI=1S/C27H21Cl2N3O3S/c1-2-35-21-12-10-20(11-13-21)32-26(34)24(14-17-8-9-18(28)15-23(17)29)36-27(32)22(16-30)25(33)31-19-6-4-3-5-7-19/h3-13,15,24H,2,14H2,1H3,(H,31,33)/b27-22-. The van der Waals surface area contributed by atoms with Crippen LogP contribution < -0.4 is 15.0 Å². The van der Waals surface area contributed by atoms with Gasteiger partial charge in [0.05, 0.1) is 11.9 Å². The topological polar surface area (TPSA) is 82.4 Å². The Balaban J connectivity index is 1.73. The molecule has 1 saturated heterocycles. The number of thioether (sulfide) groups is 1. The summed E-state index contributed by atoms with van der Waals surface area (Å²) in [4.78, 5) is 28.2. The van der Waals surface area contributed by atoms with Crippen LogP contribution >= 0.6 is 35.0 Å². The van der Waals surface area contributed by atoms with Crippen molar-refractivity contribution in [2.45, 2.75) is 18.6 Å². The first-order valence-corrected chi connectivity index (χ1v) is 12.7. The number of hydrogen-bond acceptors (Lipinski definition) is 5. The van der Waals surface area contributed by atoms with Gasteiger partial charge in [0.2, 0.25) is 5.91 Å². The van der Waals surface area contributed by atoms with Crippen LogP contribution in [0.2, 0.25) is 10.0 Å². The molecule has 0 spiro atoms. The van der Waals surface area contributed by atoms with Crippen molar-refractivity contribution in [3.8, 4) is 11.8 Å². The van der Waals surface area contributed by atoms with Crippen molar-refractivity contribution < 1.29 is 14.3 Å². The molecule has 0 aromatic heterocycles. The Labute approximate surface area is 223 Å². The van der Waals surface area contributed by atoms with Gasteiger partial charge in [0.25, 0.3) is 5.91 Å². The predicted molar refractivity (Wildman–Crippen MR) is 144 cm³/mol. The first-order valence-electron chi connectivity index (χ1n) is 11.1. The van der Waals surface area contributed by atoms with Crippen LogP contribution in [-0.4, -0.2) is 23.7 Å². The molecule has 182 valence electrons. The average molecular weight is 538 g/mol. The Hall–Kier alpha value is -3.44. The van der Waals surface area contributed by atoms with E-state index < -0.39 is 11.2 Å². The summed E-state index contributed by atoms with van der Waals surface area (Å²) in [5.41, 5.74) is 1.65. The van der Waals surface area contributed by atoms with E-state index in [-0.39, 0.29) is 16.5 Å². The molecule has 3 aromatic rings. The number of nitriles is 1. The summed E-state index contributed by atoms with van der Waals surface area (Å²) in [6.45, 7) is 2.39. The molecule has 1 atom stereocenters. The fraction of sp³-hybridized carbons (Fsp3) is 0.148. The van der Waals surface area contributed by atoms with Crippen molar-refractivity contribution in [1.82, 2.24) is 0 Å². The average Bonchev–Trinajstić information content (AvgIpc) is 3.18. The molecule has 0 saturated carbocycles. The monoisotopic (exact) mass is 537 g/mol. The number of rotatable bonds is 7. The zero-order chi connectivity index (χ0) is 25.7. The molecular formula is C27H21Cl2N3O3S. The lowest BCUT2D eigenvalue weighted by atomic mass is 10.1. The maximum Gasteiger partial charge on any atom is 0.269 e. The van der Waals surface area contributed by atoms with E-state index in [2.05, 4.69) is 5.32 Å². The molecule has 1 heterocycles. The minimum absolute atomic E-state index is 0.157. The predicted octanol–water partition coefficient (Wildman–Crippen LogP) is 6.46. The van der Waals surface area contributed by atoms with Crippen molar-refractivity contribution in [1.29, 1.82) is 5.26 Å². The Kier molecular flexibility index (Phi) is 8.21. The number of para-hydroxylation sites is 1. The van der Waals surface area contributed by atoms with Gasteiger partial charge in [-0.05, 0) is 67.4 Å². The van der Waals surface area contributed by atoms with Crippen molar-refractivity contribution in [2.75, 3.05) is 16.8 Å². The third-order valence-electron chi connectivity index (χ3n) is 5.36. The normalized spacial score (nSPS) is 16.4. The van der Waals surface area contributed by atoms with Gasteiger partial charge >= 0.3 is 0 Å². The van der Waals surface area contributed by atoms with Crippen molar-refractivity contribution in [3.05, 3.63) is 99.0 Å². The lowest BCUT2D eigenvalue weighted by molar-refractivity contribution is -0.117. The quantitative estimate of drug-likeness (QED) is 0.276. The highest BCUT2D eigenvalue weighted by molar-refractivity contribution is 8.05. The molecule has 4 rings (SSSR count). The van der Waals surface area contributed by atoms with Gasteiger partial charge in [-0.3, -0.25) is 14.5 Å². The lowest BCUT2D eigenvalue weighted by Crippen LogP contribution is -2.31. The number of benzene rings is 3. The van der Waals surface area contributed by atoms with E-state index in [4.69, 9.17) is 27.9 Å². The Morgan fingerprint density at radius 1 is 1.11 bits per heavy atom. The summed E-state index contributed by atoms with van der Waals surface area (Å²) in [6, 6.07) is 22.9. The number of carbonyl (C=O) groups excluding carboxylic acids is 2. The summed E-state index contributed by atoms with van der Waals surface area (Å²) in [5, 5.41) is 13.3. The van der Waals surface area contributed by atoms with E-state index in [0.29, 0.717) is 40.2 Å². The number of nitrogens with one attached hydrogen (secondary N) is 1. The molecule has 1 N–H and O–H groups in total. The number of halogens is 2. The second kappa shape index (κ2) is 11.5. The largest absolute Gasteiger partial charge is 0.494 e. The fourth-order valence-corrected chi connectivity index (χ4v) is 5.46. The zero-order valence-electron chi connectivity index (χ0n) is 19.2. The molecule has 2 amide bonds. The summed E-state index contributed by atoms with van der Waals surface area (Å²) in [7, 11) is 0. The van der Waals surface area contributed by atoms with Crippen LogP contribution in [0.4, 0.5) is 11.4 Å². The SMILES string of the molecule is CCOc1ccc(N2C(=O)C(Cc3ccc(Cl)cc3Cl)S/C2=C(/C#N)C(=O)Nc2ccccc2)cc1. The van der Waals surface area contributed by atoms with Crippen LogP contribution in [0.1, 0.15) is 12.5 Å². The molecule has 0 aliphatic carbocycles. The van der Waals surface area contributed by atoms with Gasteiger partial charge in [-0.2, -0.15) is 5.26 Å². The molecule has 1 aliphatic rings. The number of carbonyl (C=O) groups is 2. The van der Waals surface area contributed by atoms with Gasteiger partial charge in [-0.25, -0.2) is 0 Å². The highest BCUT2D eigenvalue weighted by Gasteiger charge is 2.41. The molecule has 1 unspecified atom stereocenters. The highest BCUT2D eigenvalue weighted by atomic mass is 35.5. The van der Waals surface area contributed by atoms with E-state index in [1.165, 1.54) is 16.7 Å². The molecule has 1 fully saturated rings. The maximum atomic E-state index is 13.6. The van der Waals surface area contributed by atoms with Crippen LogP contribution in [0.5, 0.6) is 5.75 Å². The molecular weight excluding hydrogens is 517 g/mol. The molecule has 0 radical (unpaired) electrons. The Bertz CT molecular complexity index is 1350. The van der Waals surface area contributed by atoms with E-state index in [0.717, 1.165) is 5.56 Å². The third-order valence-corrected chi connectivity index (χ3v) is 7.21. The van der Waals surface area contributed by atoms with Crippen molar-refractivity contribution in [2.24, 2.45) is 0 Å². The van der Waals surface area contributed by atoms with Crippen LogP contribution in [0.3, 0.4) is 0 Å². The molecule has 9 heteroatoms. The minimum Gasteiger partial charge on any atom is -0.494 e. The minimum atomic E-state index is -0.599. The van der Waals surface area contributed by atoms with Gasteiger partial charge in [0, 0.05) is 21.4 Å². The number of amides is 2. The maximum absolute atomic E-state index is 13.6. The fourth-order valence-electron chi connectivity index (χ4n) is 3.68. The van der Waals surface area contributed by atoms with E-state index in [9.17, 15) is 14.9 Å². The second-order valence-electron chi connectivity index (χ2n) is 7.76. The molecule has 0 bridgehead atoms. The molecule has 6 nitrogen and oxygen atoms in total. The van der Waals surface area contributed by atoms with E-state index in [1.807, 2.05) is 19.1 Å². The van der Waals surface area contributed by atoms with Gasteiger partial charge in [-0.15, -0.1) is 0 Å². The summed E-state index contributed by atoms with van der Waals surface area (Å²) >= 11 is 13.5. The van der Waals surface area contributed by atoms with Gasteiger partial charge in [-0.1, -0.05) is 59.2 Å². The van der Waals surface area contributed by atoms with E-state index in [1.54, 1.807) is 66.7 Å². The van der Waals surface area contributed by atoms with Gasteiger partial charge in [0.15, 0.2) is 0 Å². The molecule has 1 aliphatic heterocycles. The van der Waals surface area contributed by atoms with Crippen LogP contribution in [0.15, 0.2) is 83.4 Å². The van der Waals surface area contributed by atoms with Gasteiger partial charge < -0.3 is 10.1 Å². The first-order chi connectivity index (χ1) is 17.4. The second-order valence-corrected chi connectivity index (χ2v) is 9.79. The van der Waals surface area contributed by atoms with E-state index >= 15 is 0 Å². The first kappa shape index (κ1) is 25.6. The Morgan fingerprint density at radius 2 is 1.83 bits per heavy atom. The lowest BCUT2D eigenvalue weighted by Gasteiger charge is -2.19. The molecule has 36 heavy (non-hydrogen) atoms. The van der Waals surface area contributed by atoms with Crippen LogP contribution in [0.25, 0.3) is 0 Å². The van der Waals surface area contributed by atoms with Crippen molar-refractivity contribution in [3.63, 3.8) is 0 Å². The zero-order valence-corrected chi connectivity index (χ0v) is 21.5. The van der Waals surface area contributed by atoms with Gasteiger partial charge in [0.1, 0.15) is 22.4 Å². The smallest absolute Gasteiger partial charge is 0.269 e. The number of ether oxygens (including phenoxy) is 1. The summed E-state index contributed by atoms with van der Waals surface area (Å²) < 4.78 is 5.51. The number of anilines is 2. The summed E-state index contributed by atoms with van der Waals surface area (Å²) in [6.07, 6.45) is 0.301. The summed E-state index contributed by atoms with van der Waals surface area (Å²) in [5.74, 6) is -0.205. The van der Waals surface area contributed by atoms with Crippen molar-refractivity contribution >= 4 is 58.2 Å².